The zero-order valence-electron chi connectivity index (χ0n) is 22.8. The van der Waals surface area contributed by atoms with E-state index in [1.54, 1.807) is 54.6 Å². The van der Waals surface area contributed by atoms with Crippen LogP contribution in [-0.4, -0.2) is 45.3 Å². The van der Waals surface area contributed by atoms with Gasteiger partial charge in [-0.1, -0.05) is 29.8 Å². The molecule has 0 saturated heterocycles. The maximum atomic E-state index is 13.0. The van der Waals surface area contributed by atoms with Crippen LogP contribution in [0.5, 0.6) is 23.0 Å². The average Bonchev–Trinajstić information content (AvgIpc) is 3.02. The van der Waals surface area contributed by atoms with Crippen molar-refractivity contribution in [3.63, 3.8) is 0 Å². The Morgan fingerprint density at radius 1 is 0.714 bits per heavy atom. The molecule has 10 nitrogen and oxygen atoms in total. The molecule has 0 aromatic heterocycles. The highest BCUT2D eigenvalue weighted by Crippen LogP contribution is 2.38. The summed E-state index contributed by atoms with van der Waals surface area (Å²) >= 11 is 6.14. The Hall–Kier alpha value is -5.35. The lowest BCUT2D eigenvalue weighted by molar-refractivity contribution is 0.0733. The first kappa shape index (κ1) is 29.6. The fraction of sp³-hybridized carbons (Fsp3) is 0.0968. The molecule has 0 fully saturated rings. The van der Waals surface area contributed by atoms with Gasteiger partial charge in [0.15, 0.2) is 11.5 Å². The van der Waals surface area contributed by atoms with Gasteiger partial charge >= 0.3 is 5.97 Å². The van der Waals surface area contributed by atoms with Gasteiger partial charge in [-0.3, -0.25) is 9.59 Å². The third-order valence-electron chi connectivity index (χ3n) is 5.89. The average molecular weight is 588 g/mol. The van der Waals surface area contributed by atoms with Gasteiger partial charge in [0.2, 0.25) is 5.75 Å². The Kier molecular flexibility index (Phi) is 9.75. The largest absolute Gasteiger partial charge is 0.493 e. The van der Waals surface area contributed by atoms with E-state index in [1.165, 1.54) is 51.8 Å². The molecular weight excluding hydrogens is 562 g/mol. The number of halogens is 1. The third-order valence-corrected chi connectivity index (χ3v) is 6.12. The quantitative estimate of drug-likeness (QED) is 0.107. The van der Waals surface area contributed by atoms with Gasteiger partial charge in [0.25, 0.3) is 11.8 Å². The first-order valence-electron chi connectivity index (χ1n) is 12.4. The molecule has 0 atom stereocenters. The molecule has 0 aliphatic rings. The van der Waals surface area contributed by atoms with Crippen LogP contribution in [0.25, 0.3) is 0 Å². The molecule has 4 aromatic rings. The minimum atomic E-state index is -0.699. The zero-order valence-corrected chi connectivity index (χ0v) is 23.6. The normalized spacial score (nSPS) is 10.6. The van der Waals surface area contributed by atoms with Crippen LogP contribution in [0.4, 0.5) is 5.69 Å². The predicted molar refractivity (Wildman–Crippen MR) is 158 cm³/mol. The molecule has 42 heavy (non-hydrogen) atoms. The van der Waals surface area contributed by atoms with Crippen molar-refractivity contribution in [2.24, 2.45) is 5.10 Å². The Morgan fingerprint density at radius 2 is 1.36 bits per heavy atom. The number of carbonyl (C=O) groups excluding carboxylic acids is 3. The van der Waals surface area contributed by atoms with Gasteiger partial charge in [-0.05, 0) is 66.7 Å². The van der Waals surface area contributed by atoms with E-state index in [0.29, 0.717) is 33.1 Å². The van der Waals surface area contributed by atoms with E-state index in [-0.39, 0.29) is 28.7 Å². The molecule has 2 N–H and O–H groups in total. The van der Waals surface area contributed by atoms with E-state index in [2.05, 4.69) is 15.8 Å². The van der Waals surface area contributed by atoms with E-state index >= 15 is 0 Å². The Bertz CT molecular complexity index is 1600. The molecule has 4 aromatic carbocycles. The summed E-state index contributed by atoms with van der Waals surface area (Å²) in [5.74, 6) is -0.402. The van der Waals surface area contributed by atoms with Crippen LogP contribution in [0.15, 0.2) is 90.0 Å². The summed E-state index contributed by atoms with van der Waals surface area (Å²) in [6.45, 7) is 0. The molecular formula is C31H26ClN3O7. The number of hydrogen-bond acceptors (Lipinski definition) is 8. The van der Waals surface area contributed by atoms with E-state index in [1.807, 2.05) is 6.07 Å². The Labute approximate surface area is 246 Å². The number of nitrogens with zero attached hydrogens (tertiary/aromatic N) is 1. The predicted octanol–water partition coefficient (Wildman–Crippen LogP) is 5.60. The fourth-order valence-corrected chi connectivity index (χ4v) is 3.97. The number of esters is 1. The topological polar surface area (TPSA) is 125 Å². The van der Waals surface area contributed by atoms with Crippen molar-refractivity contribution in [2.45, 2.75) is 0 Å². The summed E-state index contributed by atoms with van der Waals surface area (Å²) in [5.41, 5.74) is 4.26. The van der Waals surface area contributed by atoms with E-state index in [4.69, 9.17) is 30.5 Å². The van der Waals surface area contributed by atoms with Crippen molar-refractivity contribution in [3.8, 4) is 23.0 Å². The summed E-state index contributed by atoms with van der Waals surface area (Å²) in [7, 11) is 4.33. The summed E-state index contributed by atoms with van der Waals surface area (Å²) in [4.78, 5) is 37.9. The number of rotatable bonds is 10. The van der Waals surface area contributed by atoms with Gasteiger partial charge < -0.3 is 24.3 Å². The van der Waals surface area contributed by atoms with Crippen molar-refractivity contribution < 1.29 is 33.3 Å². The van der Waals surface area contributed by atoms with Crippen LogP contribution < -0.4 is 29.7 Å². The zero-order chi connectivity index (χ0) is 30.1. The second kappa shape index (κ2) is 13.8. The van der Waals surface area contributed by atoms with Crippen LogP contribution in [0, 0.1) is 0 Å². The number of hydrazone groups is 1. The van der Waals surface area contributed by atoms with Gasteiger partial charge in [0.1, 0.15) is 5.75 Å². The van der Waals surface area contributed by atoms with Crippen molar-refractivity contribution in [1.82, 2.24) is 5.43 Å². The SMILES string of the molecule is COc1cc(C(=O)Oc2ccc(Cl)cc2/C=N/NC(=O)c2ccc(NC(=O)c3ccccc3)cc2)cc(OC)c1OC. The number of nitrogens with one attached hydrogen (secondary N) is 2. The maximum absolute atomic E-state index is 13.0. The molecule has 4 rings (SSSR count). The smallest absolute Gasteiger partial charge is 0.343 e. The standard InChI is InChI=1S/C31H26ClN3O7/c1-39-26-16-21(17-27(40-2)28(26)41-3)31(38)42-25-14-11-23(32)15-22(25)18-33-35-30(37)20-9-12-24(13-10-20)34-29(36)19-7-5-4-6-8-19/h4-18H,1-3H3,(H,34,36)(H,35,37)/b33-18+. The molecule has 214 valence electrons. The van der Waals surface area contributed by atoms with E-state index < -0.39 is 11.9 Å². The first-order valence-corrected chi connectivity index (χ1v) is 12.8. The van der Waals surface area contributed by atoms with Crippen LogP contribution in [-0.2, 0) is 0 Å². The second-order valence-corrected chi connectivity index (χ2v) is 9.02. The minimum absolute atomic E-state index is 0.148. The highest BCUT2D eigenvalue weighted by molar-refractivity contribution is 6.31. The molecule has 2 amide bonds. The number of anilines is 1. The van der Waals surface area contributed by atoms with Gasteiger partial charge in [-0.15, -0.1) is 0 Å². The van der Waals surface area contributed by atoms with Crippen molar-refractivity contribution in [2.75, 3.05) is 26.6 Å². The molecule has 0 aliphatic carbocycles. The molecule has 0 heterocycles. The number of hydrogen-bond donors (Lipinski definition) is 2. The van der Waals surface area contributed by atoms with Gasteiger partial charge in [-0.2, -0.15) is 5.10 Å². The second-order valence-electron chi connectivity index (χ2n) is 8.58. The number of carbonyl (C=O) groups is 3. The fourth-order valence-electron chi connectivity index (χ4n) is 3.79. The van der Waals surface area contributed by atoms with Gasteiger partial charge in [0, 0.05) is 27.4 Å². The summed E-state index contributed by atoms with van der Waals surface area (Å²) in [6.07, 6.45) is 1.30. The molecule has 0 spiro atoms. The lowest BCUT2D eigenvalue weighted by Crippen LogP contribution is -2.18. The summed E-state index contributed by atoms with van der Waals surface area (Å²) in [6, 6.07) is 22.6. The number of ether oxygens (including phenoxy) is 4. The van der Waals surface area contributed by atoms with Crippen LogP contribution in [0.1, 0.15) is 36.6 Å². The number of benzene rings is 4. The summed E-state index contributed by atoms with van der Waals surface area (Å²) in [5, 5.41) is 7.12. The molecule has 11 heteroatoms. The van der Waals surface area contributed by atoms with Crippen LogP contribution >= 0.6 is 11.6 Å². The molecule has 0 unspecified atom stereocenters. The van der Waals surface area contributed by atoms with Crippen LogP contribution in [0.3, 0.4) is 0 Å². The van der Waals surface area contributed by atoms with Crippen molar-refractivity contribution in [3.05, 3.63) is 112 Å². The first-order chi connectivity index (χ1) is 20.3. The highest BCUT2D eigenvalue weighted by atomic mass is 35.5. The van der Waals surface area contributed by atoms with Crippen molar-refractivity contribution in [1.29, 1.82) is 0 Å². The lowest BCUT2D eigenvalue weighted by atomic mass is 10.1. The summed E-state index contributed by atoms with van der Waals surface area (Å²) < 4.78 is 21.5. The number of amides is 2. The highest BCUT2D eigenvalue weighted by Gasteiger charge is 2.19. The maximum Gasteiger partial charge on any atom is 0.343 e. The van der Waals surface area contributed by atoms with Crippen LogP contribution in [0.2, 0.25) is 5.02 Å². The minimum Gasteiger partial charge on any atom is -0.493 e. The molecule has 0 radical (unpaired) electrons. The Balaban J connectivity index is 1.43. The lowest BCUT2D eigenvalue weighted by Gasteiger charge is -2.14. The van der Waals surface area contributed by atoms with Gasteiger partial charge in [0.05, 0.1) is 33.1 Å². The van der Waals surface area contributed by atoms with Gasteiger partial charge in [-0.25, -0.2) is 10.2 Å². The third kappa shape index (κ3) is 7.23. The monoisotopic (exact) mass is 587 g/mol. The van der Waals surface area contributed by atoms with Crippen molar-refractivity contribution >= 4 is 41.3 Å². The van der Waals surface area contributed by atoms with E-state index in [0.717, 1.165) is 0 Å². The van der Waals surface area contributed by atoms with E-state index in [9.17, 15) is 14.4 Å². The molecule has 0 bridgehead atoms. The molecule has 0 saturated carbocycles. The number of methoxy groups -OCH3 is 3. The molecule has 0 aliphatic heterocycles. The Morgan fingerprint density at radius 3 is 1.98 bits per heavy atom.